The molecule has 0 saturated carbocycles. The molecule has 10 heteroatoms. The van der Waals surface area contributed by atoms with Crippen LogP contribution < -0.4 is 15.6 Å². The van der Waals surface area contributed by atoms with Crippen molar-refractivity contribution in [3.8, 4) is 5.75 Å². The number of aromatic nitrogens is 3. The third-order valence-corrected chi connectivity index (χ3v) is 5.00. The predicted molar refractivity (Wildman–Crippen MR) is 121 cm³/mol. The van der Waals surface area contributed by atoms with Gasteiger partial charge in [-0.05, 0) is 23.8 Å². The van der Waals surface area contributed by atoms with E-state index < -0.39 is 16.4 Å². The van der Waals surface area contributed by atoms with Crippen molar-refractivity contribution < 1.29 is 14.5 Å². The number of nitrogens with zero attached hydrogens (tertiary/aromatic N) is 4. The second-order valence-electron chi connectivity index (χ2n) is 7.18. The number of rotatable bonds is 7. The van der Waals surface area contributed by atoms with Crippen molar-refractivity contribution in [1.29, 1.82) is 0 Å². The summed E-state index contributed by atoms with van der Waals surface area (Å²) in [5.74, 6) is -0.323. The number of anilines is 1. The Labute approximate surface area is 187 Å². The van der Waals surface area contributed by atoms with E-state index in [0.717, 1.165) is 10.2 Å². The van der Waals surface area contributed by atoms with Crippen molar-refractivity contribution in [1.82, 2.24) is 14.8 Å². The van der Waals surface area contributed by atoms with Gasteiger partial charge in [-0.1, -0.05) is 24.3 Å². The second-order valence-corrected chi connectivity index (χ2v) is 7.18. The molecule has 2 aromatic heterocycles. The van der Waals surface area contributed by atoms with E-state index in [1.807, 2.05) is 24.3 Å². The summed E-state index contributed by atoms with van der Waals surface area (Å²) in [6.07, 6.45) is 3.81. The Morgan fingerprint density at radius 1 is 1.15 bits per heavy atom. The van der Waals surface area contributed by atoms with E-state index in [0.29, 0.717) is 22.9 Å². The zero-order chi connectivity index (χ0) is 23.4. The maximum Gasteiger partial charge on any atom is 0.275 e. The summed E-state index contributed by atoms with van der Waals surface area (Å²) in [7, 11) is 1.39. The lowest BCUT2D eigenvalue weighted by molar-refractivity contribution is -0.384. The normalized spacial score (nSPS) is 10.7. The second kappa shape index (κ2) is 9.27. The minimum absolute atomic E-state index is 0.126. The third kappa shape index (κ3) is 4.69. The molecule has 0 aliphatic heterocycles. The van der Waals surface area contributed by atoms with E-state index in [-0.39, 0.29) is 23.7 Å². The van der Waals surface area contributed by atoms with Gasteiger partial charge in [-0.15, -0.1) is 0 Å². The largest absolute Gasteiger partial charge is 0.495 e. The fraction of sp³-hybridized carbons (Fsp3) is 0.130. The molecule has 0 unspecified atom stereocenters. The van der Waals surface area contributed by atoms with Gasteiger partial charge in [0.15, 0.2) is 0 Å². The van der Waals surface area contributed by atoms with Gasteiger partial charge in [-0.25, -0.2) is 4.68 Å². The van der Waals surface area contributed by atoms with Gasteiger partial charge in [0.2, 0.25) is 5.91 Å². The summed E-state index contributed by atoms with van der Waals surface area (Å²) in [5, 5.41) is 19.2. The number of non-ortho nitro benzene ring substituents is 1. The van der Waals surface area contributed by atoms with E-state index in [1.54, 1.807) is 24.5 Å². The number of pyridine rings is 1. The molecule has 2 heterocycles. The zero-order valence-corrected chi connectivity index (χ0v) is 17.6. The molecule has 0 aliphatic carbocycles. The van der Waals surface area contributed by atoms with Crippen LogP contribution in [0.25, 0.3) is 10.8 Å². The van der Waals surface area contributed by atoms with Crippen molar-refractivity contribution in [2.75, 3.05) is 12.4 Å². The summed E-state index contributed by atoms with van der Waals surface area (Å²) < 4.78 is 6.26. The molecule has 10 nitrogen and oxygen atoms in total. The Balaban J connectivity index is 1.67. The lowest BCUT2D eigenvalue weighted by atomic mass is 10.1. The van der Waals surface area contributed by atoms with Gasteiger partial charge in [-0.3, -0.25) is 24.7 Å². The van der Waals surface area contributed by atoms with Gasteiger partial charge < -0.3 is 10.1 Å². The number of carbonyl (C=O) groups is 1. The summed E-state index contributed by atoms with van der Waals surface area (Å²) in [6, 6.07) is 14.6. The molecule has 0 radical (unpaired) electrons. The number of methoxy groups -OCH3 is 1. The number of hydrogen-bond acceptors (Lipinski definition) is 7. The molecular formula is C23H19N5O5. The average Bonchev–Trinajstić information content (AvgIpc) is 2.82. The van der Waals surface area contributed by atoms with Crippen molar-refractivity contribution in [2.24, 2.45) is 0 Å². The molecule has 0 bridgehead atoms. The number of amides is 1. The van der Waals surface area contributed by atoms with Crippen LogP contribution in [-0.4, -0.2) is 32.7 Å². The van der Waals surface area contributed by atoms with Crippen molar-refractivity contribution in [3.05, 3.63) is 98.7 Å². The standard InChI is InChI=1S/C23H19N5O5/c1-33-21-9-8-16(28(31)32)12-20(21)25-22(29)14-27-23(30)18-7-3-2-6-17(18)19(26-27)11-15-5-4-10-24-13-15/h2-10,12-13H,11,14H2,1H3,(H,25,29). The van der Waals surface area contributed by atoms with E-state index in [1.165, 1.54) is 25.3 Å². The maximum absolute atomic E-state index is 13.0. The molecule has 33 heavy (non-hydrogen) atoms. The fourth-order valence-electron chi connectivity index (χ4n) is 3.47. The number of nitro benzene ring substituents is 1. The topological polar surface area (TPSA) is 129 Å². The van der Waals surface area contributed by atoms with Crippen LogP contribution in [-0.2, 0) is 17.8 Å². The number of ether oxygens (including phenoxy) is 1. The van der Waals surface area contributed by atoms with E-state index >= 15 is 0 Å². The van der Waals surface area contributed by atoms with E-state index in [4.69, 9.17) is 4.74 Å². The van der Waals surface area contributed by atoms with Gasteiger partial charge in [-0.2, -0.15) is 5.10 Å². The Kier molecular flexibility index (Phi) is 6.07. The van der Waals surface area contributed by atoms with Crippen LogP contribution in [0, 0.1) is 10.1 Å². The highest BCUT2D eigenvalue weighted by atomic mass is 16.6. The Morgan fingerprint density at radius 2 is 1.94 bits per heavy atom. The minimum atomic E-state index is -0.578. The number of carbonyl (C=O) groups excluding carboxylic acids is 1. The number of hydrogen-bond donors (Lipinski definition) is 1. The van der Waals surface area contributed by atoms with Crippen LogP contribution in [0.4, 0.5) is 11.4 Å². The first-order chi connectivity index (χ1) is 16.0. The number of nitrogens with one attached hydrogen (secondary N) is 1. The van der Waals surface area contributed by atoms with Crippen LogP contribution in [0.15, 0.2) is 71.8 Å². The molecule has 166 valence electrons. The highest BCUT2D eigenvalue weighted by molar-refractivity contribution is 5.93. The van der Waals surface area contributed by atoms with Crippen molar-refractivity contribution in [3.63, 3.8) is 0 Å². The molecule has 0 saturated heterocycles. The number of fused-ring (bicyclic) bond motifs is 1. The molecule has 1 N–H and O–H groups in total. The first kappa shape index (κ1) is 21.6. The highest BCUT2D eigenvalue weighted by Crippen LogP contribution is 2.28. The predicted octanol–water partition coefficient (Wildman–Crippen LogP) is 2.94. The van der Waals surface area contributed by atoms with Crippen LogP contribution in [0.5, 0.6) is 5.75 Å². The molecule has 1 amide bonds. The molecular weight excluding hydrogens is 426 g/mol. The molecule has 0 spiro atoms. The first-order valence-electron chi connectivity index (χ1n) is 9.96. The average molecular weight is 445 g/mol. The zero-order valence-electron chi connectivity index (χ0n) is 17.6. The van der Waals surface area contributed by atoms with Crippen molar-refractivity contribution >= 4 is 28.1 Å². The summed E-state index contributed by atoms with van der Waals surface area (Å²) in [6.45, 7) is -0.379. The quantitative estimate of drug-likeness (QED) is 0.342. The van der Waals surface area contributed by atoms with Crippen molar-refractivity contribution in [2.45, 2.75) is 13.0 Å². The maximum atomic E-state index is 13.0. The van der Waals surface area contributed by atoms with Gasteiger partial charge >= 0.3 is 0 Å². The smallest absolute Gasteiger partial charge is 0.275 e. The van der Waals surface area contributed by atoms with Gasteiger partial charge in [0.05, 0.1) is 28.8 Å². The van der Waals surface area contributed by atoms with Gasteiger partial charge in [0.25, 0.3) is 11.2 Å². The highest BCUT2D eigenvalue weighted by Gasteiger charge is 2.17. The van der Waals surface area contributed by atoms with Gasteiger partial charge in [0.1, 0.15) is 12.3 Å². The molecule has 4 rings (SSSR count). The van der Waals surface area contributed by atoms with E-state index in [2.05, 4.69) is 15.4 Å². The van der Waals surface area contributed by atoms with Gasteiger partial charge in [0, 0.05) is 36.3 Å². The molecule has 2 aromatic carbocycles. The van der Waals surface area contributed by atoms with E-state index in [9.17, 15) is 19.7 Å². The van der Waals surface area contributed by atoms with Crippen LogP contribution >= 0.6 is 0 Å². The Hall–Kier alpha value is -4.60. The molecule has 0 fully saturated rings. The monoisotopic (exact) mass is 445 g/mol. The summed E-state index contributed by atoms with van der Waals surface area (Å²) >= 11 is 0. The SMILES string of the molecule is COc1ccc([N+](=O)[O-])cc1NC(=O)Cn1nc(Cc2cccnc2)c2ccccc2c1=O. The van der Waals surface area contributed by atoms with Crippen LogP contribution in [0.2, 0.25) is 0 Å². The minimum Gasteiger partial charge on any atom is -0.495 e. The number of nitro groups is 1. The van der Waals surface area contributed by atoms with Crippen LogP contribution in [0.1, 0.15) is 11.3 Å². The molecule has 0 atom stereocenters. The third-order valence-electron chi connectivity index (χ3n) is 5.00. The molecule has 4 aromatic rings. The lowest BCUT2D eigenvalue weighted by Crippen LogP contribution is -2.31. The number of benzene rings is 2. The Bertz CT molecular complexity index is 1400. The fourth-order valence-corrected chi connectivity index (χ4v) is 3.47. The first-order valence-corrected chi connectivity index (χ1v) is 9.96. The van der Waals surface area contributed by atoms with Crippen LogP contribution in [0.3, 0.4) is 0 Å². The summed E-state index contributed by atoms with van der Waals surface area (Å²) in [5.41, 5.74) is 1.04. The Morgan fingerprint density at radius 3 is 2.64 bits per heavy atom. The summed E-state index contributed by atoms with van der Waals surface area (Å²) in [4.78, 5) is 40.3. The lowest BCUT2D eigenvalue weighted by Gasteiger charge is -2.13. The molecule has 0 aliphatic rings.